The lowest BCUT2D eigenvalue weighted by Gasteiger charge is -2.14. The second-order valence-corrected chi connectivity index (χ2v) is 6.14. The van der Waals surface area contributed by atoms with Gasteiger partial charge >= 0.3 is 0 Å². The summed E-state index contributed by atoms with van der Waals surface area (Å²) in [6.07, 6.45) is 2.07. The molecule has 4 heteroatoms. The van der Waals surface area contributed by atoms with Crippen LogP contribution >= 0.6 is 15.9 Å². The molecule has 1 atom stereocenters. The number of hydrogen-bond donors (Lipinski definition) is 1. The van der Waals surface area contributed by atoms with Gasteiger partial charge in [0.05, 0.1) is 11.4 Å². The second-order valence-electron chi connectivity index (χ2n) is 5.23. The van der Waals surface area contributed by atoms with Crippen molar-refractivity contribution in [2.75, 3.05) is 0 Å². The zero-order chi connectivity index (χ0) is 14.8. The van der Waals surface area contributed by atoms with E-state index in [2.05, 4.69) is 74.9 Å². The quantitative estimate of drug-likeness (QED) is 0.766. The zero-order valence-electron chi connectivity index (χ0n) is 12.2. The summed E-state index contributed by atoms with van der Waals surface area (Å²) in [6, 6.07) is 14.8. The molecule has 0 aliphatic carbocycles. The summed E-state index contributed by atoms with van der Waals surface area (Å²) < 4.78 is 3.26. The van der Waals surface area contributed by atoms with Gasteiger partial charge in [-0.3, -0.25) is 0 Å². The Kier molecular flexibility index (Phi) is 4.08. The van der Waals surface area contributed by atoms with Crippen molar-refractivity contribution in [2.45, 2.75) is 26.4 Å². The lowest BCUT2D eigenvalue weighted by Crippen LogP contribution is -2.19. The van der Waals surface area contributed by atoms with Crippen LogP contribution in [-0.4, -0.2) is 9.38 Å². The average Bonchev–Trinajstić information content (AvgIpc) is 2.81. The van der Waals surface area contributed by atoms with Crippen molar-refractivity contribution in [1.29, 1.82) is 0 Å². The van der Waals surface area contributed by atoms with Crippen molar-refractivity contribution in [3.05, 3.63) is 70.1 Å². The molecule has 1 aromatic carbocycles. The van der Waals surface area contributed by atoms with Crippen molar-refractivity contribution < 1.29 is 0 Å². The molecule has 1 N–H and O–H groups in total. The highest BCUT2D eigenvalue weighted by atomic mass is 79.9. The number of aryl methyl sites for hydroxylation is 1. The molecule has 0 saturated carbocycles. The Morgan fingerprint density at radius 1 is 1.19 bits per heavy atom. The van der Waals surface area contributed by atoms with E-state index in [4.69, 9.17) is 0 Å². The molecule has 0 bridgehead atoms. The molecule has 108 valence electrons. The summed E-state index contributed by atoms with van der Waals surface area (Å²) >= 11 is 3.47. The fourth-order valence-electron chi connectivity index (χ4n) is 2.50. The molecule has 0 amide bonds. The molecule has 0 fully saturated rings. The van der Waals surface area contributed by atoms with Gasteiger partial charge in [0.1, 0.15) is 5.65 Å². The Bertz CT molecular complexity index is 746. The molecule has 21 heavy (non-hydrogen) atoms. The van der Waals surface area contributed by atoms with E-state index in [1.165, 1.54) is 11.3 Å². The lowest BCUT2D eigenvalue weighted by atomic mass is 10.1. The van der Waals surface area contributed by atoms with Gasteiger partial charge in [0.2, 0.25) is 0 Å². The summed E-state index contributed by atoms with van der Waals surface area (Å²) in [5.41, 5.74) is 4.58. The van der Waals surface area contributed by atoms with Crippen molar-refractivity contribution in [3.63, 3.8) is 0 Å². The van der Waals surface area contributed by atoms with Gasteiger partial charge in [0.25, 0.3) is 0 Å². The molecule has 0 spiro atoms. The topological polar surface area (TPSA) is 29.3 Å². The van der Waals surface area contributed by atoms with Crippen LogP contribution in [-0.2, 0) is 6.54 Å². The first-order chi connectivity index (χ1) is 10.1. The number of pyridine rings is 1. The van der Waals surface area contributed by atoms with E-state index in [9.17, 15) is 0 Å². The third-order valence-electron chi connectivity index (χ3n) is 3.77. The highest BCUT2D eigenvalue weighted by Crippen LogP contribution is 2.18. The highest BCUT2D eigenvalue weighted by molar-refractivity contribution is 9.10. The minimum Gasteiger partial charge on any atom is -0.305 e. The van der Waals surface area contributed by atoms with E-state index in [1.807, 2.05) is 18.2 Å². The van der Waals surface area contributed by atoms with E-state index in [0.29, 0.717) is 6.04 Å². The van der Waals surface area contributed by atoms with E-state index in [-0.39, 0.29) is 0 Å². The van der Waals surface area contributed by atoms with E-state index in [1.54, 1.807) is 0 Å². The maximum Gasteiger partial charge on any atom is 0.137 e. The van der Waals surface area contributed by atoms with E-state index in [0.717, 1.165) is 22.4 Å². The number of benzene rings is 1. The van der Waals surface area contributed by atoms with Gasteiger partial charge in [0, 0.05) is 23.3 Å². The van der Waals surface area contributed by atoms with Crippen LogP contribution < -0.4 is 5.32 Å². The first kappa shape index (κ1) is 14.3. The second kappa shape index (κ2) is 6.00. The third kappa shape index (κ3) is 3.01. The van der Waals surface area contributed by atoms with Gasteiger partial charge < -0.3 is 9.72 Å². The molecule has 0 aliphatic heterocycles. The fraction of sp³-hybridized carbons (Fsp3) is 0.235. The minimum absolute atomic E-state index is 0.298. The molecular formula is C17H18BrN3. The molecule has 0 saturated heterocycles. The predicted octanol–water partition coefficient (Wildman–Crippen LogP) is 4.26. The van der Waals surface area contributed by atoms with Crippen LogP contribution in [0.4, 0.5) is 0 Å². The van der Waals surface area contributed by atoms with Crippen LogP contribution in [0.1, 0.15) is 29.9 Å². The Morgan fingerprint density at radius 3 is 2.71 bits per heavy atom. The number of nitrogens with one attached hydrogen (secondary N) is 1. The Balaban J connectivity index is 1.77. The van der Waals surface area contributed by atoms with Crippen molar-refractivity contribution in [3.8, 4) is 0 Å². The molecule has 2 heterocycles. The number of aromatic nitrogens is 2. The van der Waals surface area contributed by atoms with Crippen LogP contribution in [0.2, 0.25) is 0 Å². The largest absolute Gasteiger partial charge is 0.305 e. The standard InChI is InChI=1S/C17H18BrN3/c1-12(14-6-8-15(18)9-7-14)19-11-16-13(2)20-17-5-3-4-10-21(16)17/h3-10,12,19H,11H2,1-2H3/t12-/m0/s1. The van der Waals surface area contributed by atoms with Crippen LogP contribution in [0.3, 0.4) is 0 Å². The Morgan fingerprint density at radius 2 is 1.95 bits per heavy atom. The molecule has 0 radical (unpaired) electrons. The van der Waals surface area contributed by atoms with Crippen molar-refractivity contribution >= 4 is 21.6 Å². The van der Waals surface area contributed by atoms with Gasteiger partial charge in [0.15, 0.2) is 0 Å². The van der Waals surface area contributed by atoms with Gasteiger partial charge in [-0.1, -0.05) is 34.1 Å². The predicted molar refractivity (Wildman–Crippen MR) is 89.3 cm³/mol. The van der Waals surface area contributed by atoms with Crippen molar-refractivity contribution in [1.82, 2.24) is 14.7 Å². The van der Waals surface area contributed by atoms with Crippen LogP contribution in [0, 0.1) is 6.92 Å². The average molecular weight is 344 g/mol. The van der Waals surface area contributed by atoms with Crippen LogP contribution in [0.5, 0.6) is 0 Å². The summed E-state index contributed by atoms with van der Waals surface area (Å²) in [5, 5.41) is 3.58. The summed E-state index contributed by atoms with van der Waals surface area (Å²) in [6.45, 7) is 5.05. The third-order valence-corrected chi connectivity index (χ3v) is 4.30. The van der Waals surface area contributed by atoms with Crippen molar-refractivity contribution in [2.24, 2.45) is 0 Å². The number of hydrogen-bond acceptors (Lipinski definition) is 2. The normalized spacial score (nSPS) is 12.7. The van der Waals surface area contributed by atoms with Gasteiger partial charge in [-0.15, -0.1) is 0 Å². The maximum atomic E-state index is 4.59. The monoisotopic (exact) mass is 343 g/mol. The number of nitrogens with zero attached hydrogens (tertiary/aromatic N) is 2. The minimum atomic E-state index is 0.298. The molecule has 2 aromatic heterocycles. The summed E-state index contributed by atoms with van der Waals surface area (Å²) in [7, 11) is 0. The highest BCUT2D eigenvalue weighted by Gasteiger charge is 2.10. The first-order valence-electron chi connectivity index (χ1n) is 7.06. The smallest absolute Gasteiger partial charge is 0.137 e. The fourth-order valence-corrected chi connectivity index (χ4v) is 2.76. The van der Waals surface area contributed by atoms with Crippen LogP contribution in [0.15, 0.2) is 53.1 Å². The molecule has 3 nitrogen and oxygen atoms in total. The lowest BCUT2D eigenvalue weighted by molar-refractivity contribution is 0.564. The maximum absolute atomic E-state index is 4.59. The molecular weight excluding hydrogens is 326 g/mol. The molecule has 0 unspecified atom stereocenters. The zero-order valence-corrected chi connectivity index (χ0v) is 13.8. The van der Waals surface area contributed by atoms with Crippen LogP contribution in [0.25, 0.3) is 5.65 Å². The SMILES string of the molecule is Cc1nc2ccccn2c1CN[C@@H](C)c1ccc(Br)cc1. The number of halogens is 1. The summed E-state index contributed by atoms with van der Waals surface area (Å²) in [5.74, 6) is 0. The van der Waals surface area contributed by atoms with Gasteiger partial charge in [-0.2, -0.15) is 0 Å². The molecule has 3 rings (SSSR count). The van der Waals surface area contributed by atoms with Gasteiger partial charge in [-0.05, 0) is 43.7 Å². The molecule has 0 aliphatic rings. The van der Waals surface area contributed by atoms with Gasteiger partial charge in [-0.25, -0.2) is 4.98 Å². The Labute approximate surface area is 133 Å². The first-order valence-corrected chi connectivity index (χ1v) is 7.86. The number of rotatable bonds is 4. The van der Waals surface area contributed by atoms with E-state index >= 15 is 0 Å². The number of imidazole rings is 1. The Hall–Kier alpha value is -1.65. The number of fused-ring (bicyclic) bond motifs is 1. The summed E-state index contributed by atoms with van der Waals surface area (Å²) in [4.78, 5) is 4.59. The molecule has 3 aromatic rings. The van der Waals surface area contributed by atoms with E-state index < -0.39 is 0 Å².